The van der Waals surface area contributed by atoms with Crippen molar-refractivity contribution >= 4 is 39.3 Å². The maximum Gasteiger partial charge on any atom is 0.268 e. The lowest BCUT2D eigenvalue weighted by atomic mass is 9.92. The van der Waals surface area contributed by atoms with Crippen LogP contribution < -0.4 is 4.90 Å². The van der Waals surface area contributed by atoms with Crippen LogP contribution >= 0.6 is 0 Å². The van der Waals surface area contributed by atoms with Crippen molar-refractivity contribution in [1.29, 1.82) is 5.26 Å². The average Bonchev–Trinajstić information content (AvgIpc) is 3.65. The largest absolute Gasteiger partial charge is 0.308 e. The predicted octanol–water partition coefficient (Wildman–Crippen LogP) is 9.85. The second kappa shape index (κ2) is 11.6. The first-order valence-corrected chi connectivity index (χ1v) is 16.3. The van der Waals surface area contributed by atoms with Crippen LogP contribution in [0.3, 0.4) is 0 Å². The van der Waals surface area contributed by atoms with Crippen molar-refractivity contribution in [2.75, 3.05) is 4.90 Å². The van der Waals surface area contributed by atoms with E-state index in [1.165, 1.54) is 4.90 Å². The Morgan fingerprint density at radius 2 is 1.18 bits per heavy atom. The fraction of sp³-hybridized carbons (Fsp3) is 0. The maximum absolute atomic E-state index is 14.8. The van der Waals surface area contributed by atoms with Gasteiger partial charge in [0.15, 0.2) is 0 Å². The highest BCUT2D eigenvalue weighted by atomic mass is 16.2. The van der Waals surface area contributed by atoms with E-state index < -0.39 is 0 Å². The van der Waals surface area contributed by atoms with Crippen LogP contribution in [-0.4, -0.2) is 21.4 Å². The molecule has 0 N–H and O–H groups in total. The summed E-state index contributed by atoms with van der Waals surface area (Å²) in [6, 6.07) is 49.4. The Labute approximate surface area is 287 Å². The Kier molecular flexibility index (Phi) is 6.72. The zero-order valence-electron chi connectivity index (χ0n) is 26.6. The minimum absolute atomic E-state index is 0.350. The first kappa shape index (κ1) is 29.1. The number of pyridine rings is 1. The smallest absolute Gasteiger partial charge is 0.268 e. The van der Waals surface area contributed by atoms with E-state index >= 15 is 0 Å². The lowest BCUT2D eigenvalue weighted by Crippen LogP contribution is -2.30. The van der Waals surface area contributed by atoms with Crippen LogP contribution in [0.1, 0.15) is 26.3 Å². The number of amides is 2. The number of anilines is 1. The van der Waals surface area contributed by atoms with Gasteiger partial charge in [-0.1, -0.05) is 109 Å². The van der Waals surface area contributed by atoms with Crippen LogP contribution in [0.2, 0.25) is 0 Å². The van der Waals surface area contributed by atoms with E-state index in [-0.39, 0.29) is 11.8 Å². The van der Waals surface area contributed by atoms with Gasteiger partial charge in [-0.2, -0.15) is 5.26 Å². The highest BCUT2D eigenvalue weighted by molar-refractivity contribution is 6.36. The minimum Gasteiger partial charge on any atom is -0.308 e. The number of benzene rings is 6. The molecule has 3 heterocycles. The van der Waals surface area contributed by atoms with Gasteiger partial charge in [0.25, 0.3) is 11.8 Å². The summed E-state index contributed by atoms with van der Waals surface area (Å²) in [4.78, 5) is 34.9. The SMILES string of the molecule is N#Cc1cncc(-c2ccc3c4ccccc4n(-c4cccc5c4C(=O)N(c4cccc(-c6ccccc6)c4-c4ccccc4)C5=O)c3c2)c1. The Balaban J connectivity index is 1.26. The van der Waals surface area contributed by atoms with Crippen molar-refractivity contribution in [2.24, 2.45) is 0 Å². The third-order valence-corrected chi connectivity index (χ3v) is 9.44. The summed E-state index contributed by atoms with van der Waals surface area (Å²) in [5, 5.41) is 11.5. The van der Waals surface area contributed by atoms with Gasteiger partial charge in [0, 0.05) is 34.3 Å². The Bertz CT molecular complexity index is 2710. The maximum atomic E-state index is 14.8. The van der Waals surface area contributed by atoms with Crippen molar-refractivity contribution in [2.45, 2.75) is 0 Å². The molecule has 0 unspecified atom stereocenters. The van der Waals surface area contributed by atoms with Crippen molar-refractivity contribution in [1.82, 2.24) is 9.55 Å². The number of hydrogen-bond acceptors (Lipinski definition) is 4. The molecule has 0 aliphatic carbocycles. The molecule has 0 saturated carbocycles. The van der Waals surface area contributed by atoms with E-state index in [0.29, 0.717) is 28.1 Å². The van der Waals surface area contributed by atoms with Crippen molar-refractivity contribution in [3.8, 4) is 45.1 Å². The number of nitrogens with zero attached hydrogens (tertiary/aromatic N) is 4. The summed E-state index contributed by atoms with van der Waals surface area (Å²) < 4.78 is 2.07. The number of nitriles is 1. The van der Waals surface area contributed by atoms with E-state index in [4.69, 9.17) is 0 Å². The minimum atomic E-state index is -0.379. The molecule has 2 amide bonds. The van der Waals surface area contributed by atoms with Gasteiger partial charge in [-0.05, 0) is 58.7 Å². The molecule has 0 fully saturated rings. The van der Waals surface area contributed by atoms with E-state index in [1.807, 2.05) is 121 Å². The van der Waals surface area contributed by atoms with Gasteiger partial charge >= 0.3 is 0 Å². The van der Waals surface area contributed by atoms with Crippen molar-refractivity contribution in [3.63, 3.8) is 0 Å². The van der Waals surface area contributed by atoms with E-state index in [1.54, 1.807) is 18.5 Å². The number of rotatable bonds is 5. The number of para-hydroxylation sites is 1. The fourth-order valence-corrected chi connectivity index (χ4v) is 7.23. The Morgan fingerprint density at radius 1 is 0.500 bits per heavy atom. The highest BCUT2D eigenvalue weighted by Crippen LogP contribution is 2.44. The predicted molar refractivity (Wildman–Crippen MR) is 197 cm³/mol. The van der Waals surface area contributed by atoms with E-state index in [9.17, 15) is 14.9 Å². The topological polar surface area (TPSA) is 79.0 Å². The number of carbonyl (C=O) groups excluding carboxylic acids is 2. The van der Waals surface area contributed by atoms with Crippen molar-refractivity contribution in [3.05, 3.63) is 175 Å². The Morgan fingerprint density at radius 3 is 1.96 bits per heavy atom. The molecule has 0 bridgehead atoms. The summed E-state index contributed by atoms with van der Waals surface area (Å²) in [7, 11) is 0. The number of hydrogen-bond donors (Lipinski definition) is 0. The van der Waals surface area contributed by atoms with Gasteiger partial charge in [0.05, 0.1) is 39.1 Å². The number of aromatic nitrogens is 2. The second-order valence-electron chi connectivity index (χ2n) is 12.2. The van der Waals surface area contributed by atoms with Crippen LogP contribution in [0, 0.1) is 11.3 Å². The van der Waals surface area contributed by atoms with Crippen LogP contribution in [0.5, 0.6) is 0 Å². The molecule has 1 aliphatic rings. The van der Waals surface area contributed by atoms with E-state index in [2.05, 4.69) is 33.8 Å². The lowest BCUT2D eigenvalue weighted by molar-refractivity contribution is 0.0926. The molecule has 0 spiro atoms. The number of imide groups is 1. The molecule has 0 atom stereocenters. The summed E-state index contributed by atoms with van der Waals surface area (Å²) in [5.41, 5.74) is 9.43. The zero-order valence-corrected chi connectivity index (χ0v) is 26.6. The van der Waals surface area contributed by atoms with Gasteiger partial charge in [0.1, 0.15) is 6.07 Å². The second-order valence-corrected chi connectivity index (χ2v) is 12.2. The van der Waals surface area contributed by atoms with Gasteiger partial charge in [0.2, 0.25) is 0 Å². The van der Waals surface area contributed by atoms with Crippen molar-refractivity contribution < 1.29 is 9.59 Å². The monoisotopic (exact) mass is 642 g/mol. The molecular weight excluding hydrogens is 617 g/mol. The summed E-state index contributed by atoms with van der Waals surface area (Å²) in [6.45, 7) is 0. The molecular formula is C44H26N4O2. The average molecular weight is 643 g/mol. The molecule has 0 radical (unpaired) electrons. The molecule has 1 aliphatic heterocycles. The van der Waals surface area contributed by atoms with Crippen LogP contribution in [0.25, 0.3) is 60.9 Å². The van der Waals surface area contributed by atoms with E-state index in [0.717, 1.165) is 55.2 Å². The molecule has 50 heavy (non-hydrogen) atoms. The number of fused-ring (bicyclic) bond motifs is 4. The molecule has 2 aromatic heterocycles. The molecule has 234 valence electrons. The lowest BCUT2D eigenvalue weighted by Gasteiger charge is -2.22. The fourth-order valence-electron chi connectivity index (χ4n) is 7.23. The molecule has 6 nitrogen and oxygen atoms in total. The first-order valence-electron chi connectivity index (χ1n) is 16.3. The van der Waals surface area contributed by atoms with Crippen LogP contribution in [-0.2, 0) is 0 Å². The normalized spacial score (nSPS) is 12.4. The first-order chi connectivity index (χ1) is 24.6. The van der Waals surface area contributed by atoms with Crippen LogP contribution in [0.15, 0.2) is 158 Å². The number of carbonyl (C=O) groups is 2. The standard InChI is InChI=1S/C44H26N4O2/c45-25-28-23-32(27-46-26-28)31-21-22-35-34-15-7-8-18-37(34)47(40(35)24-31)39-20-10-17-36-42(39)44(50)48(43(36)49)38-19-9-16-33(29-11-3-1-4-12-29)41(38)30-13-5-2-6-14-30/h1-24,26-27H. The summed E-state index contributed by atoms with van der Waals surface area (Å²) in [5.74, 6) is -0.744. The summed E-state index contributed by atoms with van der Waals surface area (Å²) >= 11 is 0. The third-order valence-electron chi connectivity index (χ3n) is 9.44. The molecule has 6 heteroatoms. The van der Waals surface area contributed by atoms with Gasteiger partial charge in [-0.3, -0.25) is 14.6 Å². The highest BCUT2D eigenvalue weighted by Gasteiger charge is 2.40. The molecule has 8 aromatic rings. The summed E-state index contributed by atoms with van der Waals surface area (Å²) in [6.07, 6.45) is 3.28. The zero-order chi connectivity index (χ0) is 33.8. The van der Waals surface area contributed by atoms with Gasteiger partial charge < -0.3 is 4.57 Å². The third kappa shape index (κ3) is 4.45. The van der Waals surface area contributed by atoms with Gasteiger partial charge in [-0.15, -0.1) is 0 Å². The quantitative estimate of drug-likeness (QED) is 0.175. The Hall–Kier alpha value is -7.10. The molecule has 6 aromatic carbocycles. The van der Waals surface area contributed by atoms with Crippen LogP contribution in [0.4, 0.5) is 5.69 Å². The van der Waals surface area contributed by atoms with Gasteiger partial charge in [-0.25, -0.2) is 4.90 Å². The molecule has 0 saturated heterocycles. The molecule has 9 rings (SSSR count).